The molecule has 0 unspecified atom stereocenters. The smallest absolute Gasteiger partial charge is 0.339 e. The second kappa shape index (κ2) is 12.6. The second-order valence-electron chi connectivity index (χ2n) is 8.06. The summed E-state index contributed by atoms with van der Waals surface area (Å²) in [6.07, 6.45) is -1.17. The molecule has 0 fully saturated rings. The van der Waals surface area contributed by atoms with Crippen molar-refractivity contribution < 1.29 is 23.9 Å². The highest BCUT2D eigenvalue weighted by Crippen LogP contribution is 2.28. The molecule has 0 aliphatic heterocycles. The van der Waals surface area contributed by atoms with Crippen LogP contribution in [0.5, 0.6) is 5.75 Å². The van der Waals surface area contributed by atoms with Crippen molar-refractivity contribution in [3.63, 3.8) is 0 Å². The number of nitrogens with one attached hydrogen (secondary N) is 1. The molecule has 0 aliphatic carbocycles. The molecule has 4 aromatic rings. The molecule has 4 rings (SSSR count). The summed E-state index contributed by atoms with van der Waals surface area (Å²) >= 11 is 17.9. The van der Waals surface area contributed by atoms with E-state index < -0.39 is 18.0 Å². The number of Topliss-reactive ketones (excluding diaryl/α,β-unsaturated/α-hetero) is 1. The summed E-state index contributed by atoms with van der Waals surface area (Å²) in [5, 5.41) is 3.90. The van der Waals surface area contributed by atoms with Gasteiger partial charge in [-0.15, -0.1) is 0 Å². The lowest BCUT2D eigenvalue weighted by Gasteiger charge is -2.18. The molecule has 192 valence electrons. The normalized spacial score (nSPS) is 11.3. The predicted molar refractivity (Wildman–Crippen MR) is 147 cm³/mol. The number of ketones is 1. The van der Waals surface area contributed by atoms with Crippen molar-refractivity contribution in [2.75, 3.05) is 11.9 Å². The van der Waals surface area contributed by atoms with Gasteiger partial charge in [-0.1, -0.05) is 77.3 Å². The van der Waals surface area contributed by atoms with Crippen LogP contribution < -0.4 is 10.1 Å². The molecule has 1 amide bonds. The summed E-state index contributed by atoms with van der Waals surface area (Å²) in [4.78, 5) is 38.4. The average Bonchev–Trinajstić information content (AvgIpc) is 2.92. The number of anilines is 1. The highest BCUT2D eigenvalue weighted by molar-refractivity contribution is 6.35. The van der Waals surface area contributed by atoms with E-state index in [1.54, 1.807) is 78.9 Å². The number of ether oxygens (including phenoxy) is 2. The Bertz CT molecular complexity index is 1440. The van der Waals surface area contributed by atoms with E-state index in [9.17, 15) is 14.4 Å². The van der Waals surface area contributed by atoms with Crippen LogP contribution in [0.25, 0.3) is 0 Å². The van der Waals surface area contributed by atoms with Gasteiger partial charge in [0.2, 0.25) is 5.78 Å². The number of esters is 1. The maximum Gasteiger partial charge on any atom is 0.339 e. The number of hydrogen-bond acceptors (Lipinski definition) is 5. The van der Waals surface area contributed by atoms with Gasteiger partial charge in [0, 0.05) is 26.9 Å². The lowest BCUT2D eigenvalue weighted by Crippen LogP contribution is -2.21. The lowest BCUT2D eigenvalue weighted by atomic mass is 9.99. The zero-order valence-electron chi connectivity index (χ0n) is 19.7. The molecule has 1 N–H and O–H groups in total. The first-order chi connectivity index (χ1) is 18.3. The van der Waals surface area contributed by atoms with Crippen molar-refractivity contribution in [2.24, 2.45) is 0 Å². The first-order valence-corrected chi connectivity index (χ1v) is 12.5. The number of amides is 1. The SMILES string of the molecule is O=C(COc1ccc(Cl)cc1Cl)Nc1ccc(C(=O)O[C@H](C(=O)c2ccccc2)c2ccc(Cl)cc2)cc1. The van der Waals surface area contributed by atoms with E-state index in [4.69, 9.17) is 44.3 Å². The van der Waals surface area contributed by atoms with Gasteiger partial charge in [0.25, 0.3) is 5.91 Å². The fourth-order valence-electron chi connectivity index (χ4n) is 3.46. The monoisotopic (exact) mass is 567 g/mol. The van der Waals surface area contributed by atoms with Gasteiger partial charge in [0.15, 0.2) is 12.7 Å². The molecule has 9 heteroatoms. The van der Waals surface area contributed by atoms with Crippen LogP contribution >= 0.6 is 34.8 Å². The van der Waals surface area contributed by atoms with Crippen molar-refractivity contribution in [1.82, 2.24) is 0 Å². The summed E-state index contributed by atoms with van der Waals surface area (Å²) < 4.78 is 11.1. The number of hydrogen-bond donors (Lipinski definition) is 1. The largest absolute Gasteiger partial charge is 0.482 e. The number of benzene rings is 4. The lowest BCUT2D eigenvalue weighted by molar-refractivity contribution is -0.118. The third-order valence-corrected chi connectivity index (χ3v) is 6.13. The summed E-state index contributed by atoms with van der Waals surface area (Å²) in [6, 6.07) is 25.8. The molecule has 0 heterocycles. The van der Waals surface area contributed by atoms with Crippen molar-refractivity contribution in [1.29, 1.82) is 0 Å². The molecule has 0 aliphatic rings. The Balaban J connectivity index is 1.41. The minimum absolute atomic E-state index is 0.201. The van der Waals surface area contributed by atoms with Gasteiger partial charge in [0.05, 0.1) is 10.6 Å². The summed E-state index contributed by atoms with van der Waals surface area (Å²) in [6.45, 7) is -0.282. The summed E-state index contributed by atoms with van der Waals surface area (Å²) in [7, 11) is 0. The Morgan fingerprint density at radius 1 is 0.737 bits per heavy atom. The van der Waals surface area contributed by atoms with Crippen molar-refractivity contribution >= 4 is 58.1 Å². The molecule has 0 spiro atoms. The van der Waals surface area contributed by atoms with Crippen LogP contribution in [0.4, 0.5) is 5.69 Å². The van der Waals surface area contributed by atoms with Gasteiger partial charge in [-0.3, -0.25) is 9.59 Å². The molecule has 0 aromatic heterocycles. The molecule has 0 bridgehead atoms. The van der Waals surface area contributed by atoms with E-state index in [1.165, 1.54) is 18.2 Å². The van der Waals surface area contributed by atoms with Crippen LogP contribution in [0.2, 0.25) is 15.1 Å². The Kier molecular flexibility index (Phi) is 9.02. The number of carbonyl (C=O) groups is 3. The predicted octanol–water partition coefficient (Wildman–Crippen LogP) is 7.45. The zero-order chi connectivity index (χ0) is 27.1. The van der Waals surface area contributed by atoms with Gasteiger partial charge in [-0.2, -0.15) is 0 Å². The van der Waals surface area contributed by atoms with Gasteiger partial charge >= 0.3 is 5.97 Å². The van der Waals surface area contributed by atoms with Crippen LogP contribution in [-0.2, 0) is 9.53 Å². The van der Waals surface area contributed by atoms with E-state index >= 15 is 0 Å². The van der Waals surface area contributed by atoms with E-state index in [0.717, 1.165) is 0 Å². The Labute approximate surface area is 234 Å². The summed E-state index contributed by atoms with van der Waals surface area (Å²) in [5.74, 6) is -1.18. The van der Waals surface area contributed by atoms with Crippen LogP contribution in [-0.4, -0.2) is 24.3 Å². The van der Waals surface area contributed by atoms with Gasteiger partial charge in [-0.05, 0) is 54.6 Å². The maximum atomic E-state index is 13.2. The average molecular weight is 569 g/mol. The van der Waals surface area contributed by atoms with Crippen molar-refractivity contribution in [2.45, 2.75) is 6.10 Å². The minimum atomic E-state index is -1.17. The van der Waals surface area contributed by atoms with Crippen LogP contribution in [0.3, 0.4) is 0 Å². The minimum Gasteiger partial charge on any atom is -0.482 e. The first-order valence-electron chi connectivity index (χ1n) is 11.3. The number of carbonyl (C=O) groups excluding carboxylic acids is 3. The Morgan fingerprint density at radius 2 is 1.39 bits per heavy atom. The van der Waals surface area contributed by atoms with Crippen LogP contribution in [0.1, 0.15) is 32.4 Å². The third-order valence-electron chi connectivity index (χ3n) is 5.35. The summed E-state index contributed by atoms with van der Waals surface area (Å²) in [5.41, 5.74) is 1.53. The zero-order valence-corrected chi connectivity index (χ0v) is 22.0. The van der Waals surface area contributed by atoms with Crippen molar-refractivity contribution in [3.8, 4) is 5.75 Å². The quantitative estimate of drug-likeness (QED) is 0.168. The van der Waals surface area contributed by atoms with E-state index in [-0.39, 0.29) is 23.0 Å². The third kappa shape index (κ3) is 7.13. The number of rotatable bonds is 9. The van der Waals surface area contributed by atoms with Gasteiger partial charge < -0.3 is 14.8 Å². The molecule has 6 nitrogen and oxygen atoms in total. The molecule has 0 radical (unpaired) electrons. The molecular formula is C29H20Cl3NO5. The highest BCUT2D eigenvalue weighted by atomic mass is 35.5. The van der Waals surface area contributed by atoms with Gasteiger partial charge in [0.1, 0.15) is 5.75 Å². The molecule has 4 aromatic carbocycles. The molecule has 0 saturated heterocycles. The standard InChI is InChI=1S/C29H20Cl3NO5/c30-21-10-6-19(7-11-21)28(27(35)18-4-2-1-3-5-18)38-29(36)20-8-13-23(14-9-20)33-26(34)17-37-25-15-12-22(31)16-24(25)32/h1-16,28H,17H2,(H,33,34)/t28-/m0/s1. The number of halogens is 3. The molecular weight excluding hydrogens is 549 g/mol. The van der Waals surface area contributed by atoms with Crippen LogP contribution in [0, 0.1) is 0 Å². The first kappa shape index (κ1) is 27.2. The highest BCUT2D eigenvalue weighted by Gasteiger charge is 2.27. The Morgan fingerprint density at radius 3 is 2.05 bits per heavy atom. The topological polar surface area (TPSA) is 81.7 Å². The van der Waals surface area contributed by atoms with E-state index in [2.05, 4.69) is 5.32 Å². The van der Waals surface area contributed by atoms with E-state index in [1.807, 2.05) is 0 Å². The molecule has 38 heavy (non-hydrogen) atoms. The molecule has 0 saturated carbocycles. The van der Waals surface area contributed by atoms with E-state index in [0.29, 0.717) is 32.6 Å². The fourth-order valence-corrected chi connectivity index (χ4v) is 4.05. The van der Waals surface area contributed by atoms with Crippen molar-refractivity contribution in [3.05, 3.63) is 129 Å². The van der Waals surface area contributed by atoms with Gasteiger partial charge in [-0.25, -0.2) is 4.79 Å². The fraction of sp³-hybridized carbons (Fsp3) is 0.0690. The van der Waals surface area contributed by atoms with Crippen LogP contribution in [0.15, 0.2) is 97.1 Å². The molecule has 1 atom stereocenters. The maximum absolute atomic E-state index is 13.2. The Hall–Kier alpha value is -3.84. The second-order valence-corrected chi connectivity index (χ2v) is 9.34.